The van der Waals surface area contributed by atoms with Crippen LogP contribution in [0, 0.1) is 0 Å². The summed E-state index contributed by atoms with van der Waals surface area (Å²) in [6.07, 6.45) is 1.60. The summed E-state index contributed by atoms with van der Waals surface area (Å²) in [5.41, 5.74) is 0.817. The Morgan fingerprint density at radius 2 is 1.80 bits per heavy atom. The van der Waals surface area contributed by atoms with Crippen molar-refractivity contribution in [3.05, 3.63) is 30.3 Å². The predicted octanol–water partition coefficient (Wildman–Crippen LogP) is 3.18. The minimum absolute atomic E-state index is 0.213. The number of alkyl carbamates (subject to hydrolysis) is 1. The fourth-order valence-corrected chi connectivity index (χ4v) is 2.40. The Morgan fingerprint density at radius 1 is 1.20 bits per heavy atom. The number of benzene rings is 1. The lowest BCUT2D eigenvalue weighted by Gasteiger charge is -2.34. The third-order valence-electron chi connectivity index (χ3n) is 3.34. The molecule has 0 aliphatic carbocycles. The van der Waals surface area contributed by atoms with Crippen LogP contribution in [0.4, 0.5) is 10.5 Å². The SMILES string of the molecule is CC(C)(C)OC(=O)NC1CCN(c2ccccc2)CC1. The number of ether oxygens (including phenoxy) is 1. The average Bonchev–Trinajstić information content (AvgIpc) is 2.38. The van der Waals surface area contributed by atoms with E-state index in [-0.39, 0.29) is 12.1 Å². The van der Waals surface area contributed by atoms with E-state index in [1.807, 2.05) is 26.8 Å². The topological polar surface area (TPSA) is 41.6 Å². The van der Waals surface area contributed by atoms with Gasteiger partial charge in [0.2, 0.25) is 0 Å². The monoisotopic (exact) mass is 276 g/mol. The number of carbonyl (C=O) groups excluding carboxylic acids is 1. The average molecular weight is 276 g/mol. The molecular weight excluding hydrogens is 252 g/mol. The number of piperidine rings is 1. The minimum atomic E-state index is -0.436. The standard InChI is InChI=1S/C16H24N2O2/c1-16(2,3)20-15(19)17-13-9-11-18(12-10-13)14-7-5-4-6-8-14/h4-8,13H,9-12H2,1-3H3,(H,17,19). The van der Waals surface area contributed by atoms with E-state index in [1.165, 1.54) is 5.69 Å². The highest BCUT2D eigenvalue weighted by Crippen LogP contribution is 2.19. The number of hydrogen-bond acceptors (Lipinski definition) is 3. The third kappa shape index (κ3) is 4.44. The summed E-state index contributed by atoms with van der Waals surface area (Å²) < 4.78 is 5.29. The van der Waals surface area contributed by atoms with Gasteiger partial charge in [-0.3, -0.25) is 0 Å². The molecule has 4 heteroatoms. The molecule has 110 valence electrons. The number of carbonyl (C=O) groups is 1. The molecule has 1 aromatic carbocycles. The maximum atomic E-state index is 11.7. The van der Waals surface area contributed by atoms with Crippen molar-refractivity contribution >= 4 is 11.8 Å². The number of nitrogens with zero attached hydrogens (tertiary/aromatic N) is 1. The number of para-hydroxylation sites is 1. The molecule has 4 nitrogen and oxygen atoms in total. The molecule has 0 aromatic heterocycles. The number of nitrogens with one attached hydrogen (secondary N) is 1. The molecule has 0 unspecified atom stereocenters. The molecule has 0 saturated carbocycles. The molecule has 0 bridgehead atoms. The molecule has 1 aliphatic heterocycles. The van der Waals surface area contributed by atoms with Crippen LogP contribution in [0.1, 0.15) is 33.6 Å². The molecule has 1 fully saturated rings. The molecule has 1 aromatic rings. The van der Waals surface area contributed by atoms with E-state index < -0.39 is 5.60 Å². The van der Waals surface area contributed by atoms with Gasteiger partial charge >= 0.3 is 6.09 Å². The molecule has 20 heavy (non-hydrogen) atoms. The second-order valence-electron chi connectivity index (χ2n) is 6.24. The molecule has 1 aliphatic rings. The van der Waals surface area contributed by atoms with E-state index in [1.54, 1.807) is 0 Å². The van der Waals surface area contributed by atoms with Gasteiger partial charge in [0.25, 0.3) is 0 Å². The largest absolute Gasteiger partial charge is 0.444 e. The maximum Gasteiger partial charge on any atom is 0.407 e. The number of hydrogen-bond donors (Lipinski definition) is 1. The van der Waals surface area contributed by atoms with Gasteiger partial charge in [0.1, 0.15) is 5.60 Å². The Labute approximate surface area is 121 Å². The molecule has 1 saturated heterocycles. The number of rotatable bonds is 2. The first-order valence-electron chi connectivity index (χ1n) is 7.23. The van der Waals surface area contributed by atoms with Gasteiger partial charge in [-0.15, -0.1) is 0 Å². The lowest BCUT2D eigenvalue weighted by molar-refractivity contribution is 0.0497. The molecule has 1 N–H and O–H groups in total. The van der Waals surface area contributed by atoms with Crippen LogP contribution in [0.2, 0.25) is 0 Å². The van der Waals surface area contributed by atoms with Gasteiger partial charge in [-0.1, -0.05) is 18.2 Å². The fourth-order valence-electron chi connectivity index (χ4n) is 2.40. The van der Waals surface area contributed by atoms with E-state index in [4.69, 9.17) is 4.74 Å². The zero-order chi connectivity index (χ0) is 14.6. The van der Waals surface area contributed by atoms with Gasteiger partial charge in [-0.2, -0.15) is 0 Å². The van der Waals surface area contributed by atoms with E-state index >= 15 is 0 Å². The van der Waals surface area contributed by atoms with Crippen molar-refractivity contribution in [1.82, 2.24) is 5.32 Å². The van der Waals surface area contributed by atoms with Gasteiger partial charge in [0, 0.05) is 24.8 Å². The Balaban J connectivity index is 1.79. The zero-order valence-electron chi connectivity index (χ0n) is 12.6. The zero-order valence-corrected chi connectivity index (χ0v) is 12.6. The van der Waals surface area contributed by atoms with Gasteiger partial charge < -0.3 is 15.0 Å². The van der Waals surface area contributed by atoms with Gasteiger partial charge in [0.05, 0.1) is 0 Å². The summed E-state index contributed by atoms with van der Waals surface area (Å²) in [5, 5.41) is 2.96. The Hall–Kier alpha value is -1.71. The first kappa shape index (κ1) is 14.7. The second-order valence-corrected chi connectivity index (χ2v) is 6.24. The molecule has 0 atom stereocenters. The molecule has 1 amide bonds. The minimum Gasteiger partial charge on any atom is -0.444 e. The normalized spacial score (nSPS) is 16.9. The van der Waals surface area contributed by atoms with Gasteiger partial charge in [-0.05, 0) is 45.7 Å². The second kappa shape index (κ2) is 6.16. The molecule has 0 radical (unpaired) electrons. The summed E-state index contributed by atoms with van der Waals surface area (Å²) in [7, 11) is 0. The highest BCUT2D eigenvalue weighted by Gasteiger charge is 2.23. The van der Waals surface area contributed by atoms with Crippen LogP contribution in [0.25, 0.3) is 0 Å². The summed E-state index contributed by atoms with van der Waals surface area (Å²) in [5.74, 6) is 0. The highest BCUT2D eigenvalue weighted by atomic mass is 16.6. The van der Waals surface area contributed by atoms with E-state index in [9.17, 15) is 4.79 Å². The van der Waals surface area contributed by atoms with E-state index in [0.717, 1.165) is 25.9 Å². The number of amides is 1. The first-order chi connectivity index (χ1) is 9.44. The van der Waals surface area contributed by atoms with Crippen molar-refractivity contribution in [2.24, 2.45) is 0 Å². The lowest BCUT2D eigenvalue weighted by atomic mass is 10.0. The van der Waals surface area contributed by atoms with E-state index in [0.29, 0.717) is 0 Å². The van der Waals surface area contributed by atoms with Crippen LogP contribution in [0.15, 0.2) is 30.3 Å². The van der Waals surface area contributed by atoms with Crippen molar-refractivity contribution in [1.29, 1.82) is 0 Å². The van der Waals surface area contributed by atoms with Crippen LogP contribution in [-0.2, 0) is 4.74 Å². The fraction of sp³-hybridized carbons (Fsp3) is 0.562. The van der Waals surface area contributed by atoms with Crippen LogP contribution < -0.4 is 10.2 Å². The molecule has 0 spiro atoms. The van der Waals surface area contributed by atoms with Crippen molar-refractivity contribution in [3.63, 3.8) is 0 Å². The third-order valence-corrected chi connectivity index (χ3v) is 3.34. The van der Waals surface area contributed by atoms with Crippen molar-refractivity contribution in [3.8, 4) is 0 Å². The highest BCUT2D eigenvalue weighted by molar-refractivity contribution is 5.68. The van der Waals surface area contributed by atoms with Crippen LogP contribution >= 0.6 is 0 Å². The first-order valence-corrected chi connectivity index (χ1v) is 7.23. The Kier molecular flexibility index (Phi) is 4.53. The van der Waals surface area contributed by atoms with Gasteiger partial charge in [-0.25, -0.2) is 4.79 Å². The quantitative estimate of drug-likeness (QED) is 0.902. The summed E-state index contributed by atoms with van der Waals surface area (Å²) >= 11 is 0. The Morgan fingerprint density at radius 3 is 2.35 bits per heavy atom. The Bertz CT molecular complexity index is 432. The van der Waals surface area contributed by atoms with Crippen molar-refractivity contribution < 1.29 is 9.53 Å². The molecular formula is C16H24N2O2. The summed E-state index contributed by atoms with van der Waals surface area (Å²) in [4.78, 5) is 14.1. The van der Waals surface area contributed by atoms with Crippen molar-refractivity contribution in [2.45, 2.75) is 45.3 Å². The van der Waals surface area contributed by atoms with Crippen LogP contribution in [0.5, 0.6) is 0 Å². The number of anilines is 1. The summed E-state index contributed by atoms with van der Waals surface area (Å²) in [6, 6.07) is 10.6. The lowest BCUT2D eigenvalue weighted by Crippen LogP contribution is -2.46. The summed E-state index contributed by atoms with van der Waals surface area (Å²) in [6.45, 7) is 7.56. The van der Waals surface area contributed by atoms with E-state index in [2.05, 4.69) is 34.5 Å². The van der Waals surface area contributed by atoms with Gasteiger partial charge in [0.15, 0.2) is 0 Å². The predicted molar refractivity (Wildman–Crippen MR) is 81.0 cm³/mol. The molecule has 1 heterocycles. The smallest absolute Gasteiger partial charge is 0.407 e. The van der Waals surface area contributed by atoms with Crippen molar-refractivity contribution in [2.75, 3.05) is 18.0 Å². The molecule has 2 rings (SSSR count). The maximum absolute atomic E-state index is 11.7. The van der Waals surface area contributed by atoms with Crippen LogP contribution in [-0.4, -0.2) is 30.8 Å². The van der Waals surface area contributed by atoms with Crippen LogP contribution in [0.3, 0.4) is 0 Å².